The maximum atomic E-state index is 12.2. The first-order valence-electron chi connectivity index (χ1n) is 5.70. The summed E-state index contributed by atoms with van der Waals surface area (Å²) in [7, 11) is 0. The summed E-state index contributed by atoms with van der Waals surface area (Å²) in [6, 6.07) is 10.2. The third-order valence-electron chi connectivity index (χ3n) is 2.57. The standard InChI is InChI=1S/C13H12N2O4/c1-2-15(9-6-4-3-5-7-9)12(16)10-8-11(13(17)18)19-14-10/h3-8H,2H2,1H3,(H,17,18). The minimum atomic E-state index is -1.26. The van der Waals surface area contributed by atoms with Crippen LogP contribution in [0, 0.1) is 0 Å². The molecule has 0 atom stereocenters. The second-order valence-electron chi connectivity index (χ2n) is 3.77. The zero-order valence-corrected chi connectivity index (χ0v) is 10.2. The molecule has 0 spiro atoms. The van der Waals surface area contributed by atoms with Crippen LogP contribution in [0.1, 0.15) is 28.0 Å². The fraction of sp³-hybridized carbons (Fsp3) is 0.154. The van der Waals surface area contributed by atoms with Crippen molar-refractivity contribution in [3.05, 3.63) is 47.9 Å². The molecule has 0 radical (unpaired) electrons. The number of carboxylic acids is 1. The summed E-state index contributed by atoms with van der Waals surface area (Å²) in [5.41, 5.74) is 0.693. The lowest BCUT2D eigenvalue weighted by Crippen LogP contribution is -2.30. The molecule has 1 aromatic carbocycles. The fourth-order valence-corrected chi connectivity index (χ4v) is 1.67. The van der Waals surface area contributed by atoms with E-state index in [0.29, 0.717) is 6.54 Å². The van der Waals surface area contributed by atoms with Gasteiger partial charge in [0.15, 0.2) is 5.69 Å². The van der Waals surface area contributed by atoms with E-state index < -0.39 is 11.9 Å². The maximum absolute atomic E-state index is 12.2. The molecular weight excluding hydrogens is 248 g/mol. The third kappa shape index (κ3) is 2.62. The number of carbonyl (C=O) groups excluding carboxylic acids is 1. The highest BCUT2D eigenvalue weighted by atomic mass is 16.5. The number of nitrogens with zero attached hydrogens (tertiary/aromatic N) is 2. The molecule has 0 aliphatic rings. The van der Waals surface area contributed by atoms with Crippen LogP contribution in [0.3, 0.4) is 0 Å². The molecule has 1 N–H and O–H groups in total. The second kappa shape index (κ2) is 5.34. The van der Waals surface area contributed by atoms with E-state index in [0.717, 1.165) is 11.8 Å². The molecule has 0 aliphatic carbocycles. The monoisotopic (exact) mass is 260 g/mol. The van der Waals surface area contributed by atoms with E-state index in [1.807, 2.05) is 25.1 Å². The Morgan fingerprint density at radius 3 is 2.53 bits per heavy atom. The lowest BCUT2D eigenvalue weighted by molar-refractivity contribution is 0.0651. The molecule has 0 saturated heterocycles. The van der Waals surface area contributed by atoms with Crippen molar-refractivity contribution in [2.75, 3.05) is 11.4 Å². The SMILES string of the molecule is CCN(C(=O)c1cc(C(=O)O)on1)c1ccccc1. The Labute approximate surface area is 109 Å². The van der Waals surface area contributed by atoms with Gasteiger partial charge in [0, 0.05) is 18.3 Å². The van der Waals surface area contributed by atoms with Gasteiger partial charge in [0.2, 0.25) is 5.76 Å². The van der Waals surface area contributed by atoms with Crippen LogP contribution < -0.4 is 4.90 Å². The predicted octanol–water partition coefficient (Wildman–Crippen LogP) is 2.04. The average Bonchev–Trinajstić information content (AvgIpc) is 2.90. The number of para-hydroxylation sites is 1. The van der Waals surface area contributed by atoms with Gasteiger partial charge in [-0.2, -0.15) is 0 Å². The molecule has 6 heteroatoms. The van der Waals surface area contributed by atoms with E-state index in [9.17, 15) is 9.59 Å². The van der Waals surface area contributed by atoms with Crippen LogP contribution in [-0.2, 0) is 0 Å². The Bertz CT molecular complexity index is 592. The van der Waals surface area contributed by atoms with Crippen molar-refractivity contribution < 1.29 is 19.2 Å². The maximum Gasteiger partial charge on any atom is 0.374 e. The number of rotatable bonds is 4. The number of anilines is 1. The van der Waals surface area contributed by atoms with E-state index in [2.05, 4.69) is 9.68 Å². The lowest BCUT2D eigenvalue weighted by atomic mass is 10.2. The van der Waals surface area contributed by atoms with E-state index >= 15 is 0 Å². The highest BCUT2D eigenvalue weighted by molar-refractivity contribution is 6.05. The first kappa shape index (κ1) is 12.8. The normalized spacial score (nSPS) is 10.2. The van der Waals surface area contributed by atoms with Crippen molar-refractivity contribution in [2.45, 2.75) is 6.92 Å². The van der Waals surface area contributed by atoms with Crippen molar-refractivity contribution in [1.82, 2.24) is 5.16 Å². The number of carboxylic acid groups (broad SMARTS) is 1. The van der Waals surface area contributed by atoms with Crippen LogP contribution in [0.5, 0.6) is 0 Å². The minimum absolute atomic E-state index is 0.0249. The largest absolute Gasteiger partial charge is 0.475 e. The number of amides is 1. The Morgan fingerprint density at radius 1 is 1.32 bits per heavy atom. The minimum Gasteiger partial charge on any atom is -0.475 e. The van der Waals surface area contributed by atoms with Crippen molar-refractivity contribution in [2.24, 2.45) is 0 Å². The molecular formula is C13H12N2O4. The molecule has 98 valence electrons. The predicted molar refractivity (Wildman–Crippen MR) is 67.3 cm³/mol. The van der Waals surface area contributed by atoms with Gasteiger partial charge in [0.25, 0.3) is 5.91 Å². The summed E-state index contributed by atoms with van der Waals surface area (Å²) in [6.45, 7) is 2.27. The van der Waals surface area contributed by atoms with Crippen LogP contribution in [0.4, 0.5) is 5.69 Å². The van der Waals surface area contributed by atoms with Crippen LogP contribution in [0.15, 0.2) is 40.9 Å². The van der Waals surface area contributed by atoms with Crippen molar-refractivity contribution in [1.29, 1.82) is 0 Å². The van der Waals surface area contributed by atoms with Crippen molar-refractivity contribution >= 4 is 17.6 Å². The molecule has 0 saturated carbocycles. The van der Waals surface area contributed by atoms with Gasteiger partial charge < -0.3 is 14.5 Å². The molecule has 0 unspecified atom stereocenters. The van der Waals surface area contributed by atoms with Crippen LogP contribution in [-0.4, -0.2) is 28.7 Å². The van der Waals surface area contributed by atoms with Gasteiger partial charge in [-0.15, -0.1) is 0 Å². The Kier molecular flexibility index (Phi) is 3.61. The van der Waals surface area contributed by atoms with Gasteiger partial charge in [-0.3, -0.25) is 4.79 Å². The molecule has 1 amide bonds. The van der Waals surface area contributed by atoms with Crippen LogP contribution in [0.25, 0.3) is 0 Å². The van der Waals surface area contributed by atoms with Crippen molar-refractivity contribution in [3.8, 4) is 0 Å². The van der Waals surface area contributed by atoms with Gasteiger partial charge in [-0.05, 0) is 19.1 Å². The molecule has 0 fully saturated rings. The number of aromatic carboxylic acids is 1. The Hall–Kier alpha value is -2.63. The topological polar surface area (TPSA) is 83.6 Å². The van der Waals surface area contributed by atoms with E-state index in [1.54, 1.807) is 12.1 Å². The first-order valence-corrected chi connectivity index (χ1v) is 5.70. The zero-order valence-electron chi connectivity index (χ0n) is 10.2. The number of aromatic nitrogens is 1. The molecule has 0 bridgehead atoms. The smallest absolute Gasteiger partial charge is 0.374 e. The summed E-state index contributed by atoms with van der Waals surface area (Å²) < 4.78 is 4.58. The van der Waals surface area contributed by atoms with E-state index in [1.165, 1.54) is 4.90 Å². The summed E-state index contributed by atoms with van der Waals surface area (Å²) in [5, 5.41) is 12.2. The summed E-state index contributed by atoms with van der Waals surface area (Å²) in [5.74, 6) is -2.01. The van der Waals surface area contributed by atoms with E-state index in [-0.39, 0.29) is 11.5 Å². The molecule has 6 nitrogen and oxygen atoms in total. The number of benzene rings is 1. The highest BCUT2D eigenvalue weighted by Crippen LogP contribution is 2.16. The van der Waals surface area contributed by atoms with Gasteiger partial charge in [0.05, 0.1) is 0 Å². The van der Waals surface area contributed by atoms with Gasteiger partial charge in [-0.1, -0.05) is 23.4 Å². The zero-order chi connectivity index (χ0) is 13.8. The lowest BCUT2D eigenvalue weighted by Gasteiger charge is -2.19. The Balaban J connectivity index is 2.28. The number of hydrogen-bond donors (Lipinski definition) is 1. The summed E-state index contributed by atoms with van der Waals surface area (Å²) >= 11 is 0. The summed E-state index contributed by atoms with van der Waals surface area (Å²) in [6.07, 6.45) is 0. The Morgan fingerprint density at radius 2 is 2.00 bits per heavy atom. The van der Waals surface area contributed by atoms with Gasteiger partial charge in [-0.25, -0.2) is 4.79 Å². The van der Waals surface area contributed by atoms with Gasteiger partial charge in [0.1, 0.15) is 0 Å². The molecule has 2 aromatic rings. The average molecular weight is 260 g/mol. The highest BCUT2D eigenvalue weighted by Gasteiger charge is 2.21. The fourth-order valence-electron chi connectivity index (χ4n) is 1.67. The second-order valence-corrected chi connectivity index (χ2v) is 3.77. The van der Waals surface area contributed by atoms with Crippen molar-refractivity contribution in [3.63, 3.8) is 0 Å². The molecule has 2 rings (SSSR count). The molecule has 0 aliphatic heterocycles. The van der Waals surface area contributed by atoms with E-state index in [4.69, 9.17) is 5.11 Å². The first-order chi connectivity index (χ1) is 9.13. The quantitative estimate of drug-likeness (QED) is 0.909. The summed E-state index contributed by atoms with van der Waals surface area (Å²) in [4.78, 5) is 24.4. The number of carbonyl (C=O) groups is 2. The molecule has 19 heavy (non-hydrogen) atoms. The molecule has 1 heterocycles. The van der Waals surface area contributed by atoms with Crippen LogP contribution in [0.2, 0.25) is 0 Å². The van der Waals surface area contributed by atoms with Gasteiger partial charge >= 0.3 is 5.97 Å². The van der Waals surface area contributed by atoms with Crippen LogP contribution >= 0.6 is 0 Å². The third-order valence-corrected chi connectivity index (χ3v) is 2.57. The number of hydrogen-bond acceptors (Lipinski definition) is 4. The molecule has 1 aromatic heterocycles.